The van der Waals surface area contributed by atoms with E-state index in [1.54, 1.807) is 0 Å². The molecule has 0 saturated carbocycles. The number of rotatable bonds is 2. The van der Waals surface area contributed by atoms with Gasteiger partial charge in [-0.25, -0.2) is 0 Å². The molecule has 1 saturated heterocycles. The van der Waals surface area contributed by atoms with E-state index in [0.717, 1.165) is 16.7 Å². The number of halogens is 1. The van der Waals surface area contributed by atoms with Crippen molar-refractivity contribution in [3.05, 3.63) is 28.7 Å². The molecule has 0 aromatic heterocycles. The van der Waals surface area contributed by atoms with Gasteiger partial charge in [0.2, 0.25) is 5.91 Å². The highest BCUT2D eigenvalue weighted by Crippen LogP contribution is 2.21. The van der Waals surface area contributed by atoms with Gasteiger partial charge < -0.3 is 10.6 Å². The molecule has 17 heavy (non-hydrogen) atoms. The minimum atomic E-state index is -0.201. The summed E-state index contributed by atoms with van der Waals surface area (Å²) in [6.07, 6.45) is 0. The first-order valence-corrected chi connectivity index (χ1v) is 6.40. The fraction of sp³-hybridized carbons (Fsp3) is 0.417. The molecule has 1 aromatic rings. The molecule has 1 atom stereocenters. The average Bonchev–Trinajstić information content (AvgIpc) is 2.31. The van der Waals surface area contributed by atoms with Crippen LogP contribution in [0.4, 0.5) is 5.69 Å². The Morgan fingerprint density at radius 1 is 1.35 bits per heavy atom. The van der Waals surface area contributed by atoms with E-state index in [-0.39, 0.29) is 11.9 Å². The summed E-state index contributed by atoms with van der Waals surface area (Å²) in [5.74, 6) is 0.0866. The fourth-order valence-corrected chi connectivity index (χ4v) is 2.31. The molecule has 4 nitrogen and oxygen atoms in total. The van der Waals surface area contributed by atoms with Gasteiger partial charge >= 0.3 is 0 Å². The van der Waals surface area contributed by atoms with Crippen molar-refractivity contribution in [2.24, 2.45) is 5.73 Å². The maximum Gasteiger partial charge on any atom is 0.245 e. The Kier molecular flexibility index (Phi) is 3.81. The van der Waals surface area contributed by atoms with E-state index in [2.05, 4.69) is 15.9 Å². The standard InChI is InChI=1S/C12H16BrN3O/c1-15-6-7-16(12(17)11(15)8-14)10-4-2-9(13)3-5-10/h2-5,11H,6-8,14H2,1H3. The number of hydrogen-bond donors (Lipinski definition) is 1. The zero-order chi connectivity index (χ0) is 12.4. The highest BCUT2D eigenvalue weighted by atomic mass is 79.9. The molecule has 1 heterocycles. The third kappa shape index (κ3) is 2.51. The van der Waals surface area contributed by atoms with Crippen molar-refractivity contribution >= 4 is 27.5 Å². The van der Waals surface area contributed by atoms with Crippen LogP contribution >= 0.6 is 15.9 Å². The van der Waals surface area contributed by atoms with Crippen LogP contribution in [-0.2, 0) is 4.79 Å². The summed E-state index contributed by atoms with van der Waals surface area (Å²) in [7, 11) is 1.94. The summed E-state index contributed by atoms with van der Waals surface area (Å²) in [6.45, 7) is 1.93. The quantitative estimate of drug-likeness (QED) is 0.888. The van der Waals surface area contributed by atoms with Crippen molar-refractivity contribution in [3.63, 3.8) is 0 Å². The Balaban J connectivity index is 2.22. The monoisotopic (exact) mass is 297 g/mol. The minimum absolute atomic E-state index is 0.0866. The number of nitrogens with zero attached hydrogens (tertiary/aromatic N) is 2. The van der Waals surface area contributed by atoms with E-state index in [0.29, 0.717) is 13.1 Å². The van der Waals surface area contributed by atoms with E-state index in [1.165, 1.54) is 0 Å². The molecule has 0 aliphatic carbocycles. The average molecular weight is 298 g/mol. The van der Waals surface area contributed by atoms with Crippen LogP contribution in [0.2, 0.25) is 0 Å². The van der Waals surface area contributed by atoms with Crippen LogP contribution < -0.4 is 10.6 Å². The van der Waals surface area contributed by atoms with Crippen molar-refractivity contribution in [1.82, 2.24) is 4.90 Å². The van der Waals surface area contributed by atoms with Gasteiger partial charge in [-0.1, -0.05) is 15.9 Å². The molecule has 92 valence electrons. The molecular formula is C12H16BrN3O. The molecule has 1 aliphatic rings. The van der Waals surface area contributed by atoms with Gasteiger partial charge in [-0.3, -0.25) is 9.69 Å². The molecule has 1 aliphatic heterocycles. The van der Waals surface area contributed by atoms with E-state index in [1.807, 2.05) is 41.1 Å². The van der Waals surface area contributed by atoms with Crippen molar-refractivity contribution in [3.8, 4) is 0 Å². The number of carbonyl (C=O) groups excluding carboxylic acids is 1. The van der Waals surface area contributed by atoms with E-state index in [4.69, 9.17) is 5.73 Å². The number of amides is 1. The SMILES string of the molecule is CN1CCN(c2ccc(Br)cc2)C(=O)C1CN. The number of nitrogens with two attached hydrogens (primary N) is 1. The maximum absolute atomic E-state index is 12.2. The van der Waals surface area contributed by atoms with Gasteiger partial charge in [0.1, 0.15) is 6.04 Å². The minimum Gasteiger partial charge on any atom is -0.328 e. The summed E-state index contributed by atoms with van der Waals surface area (Å²) in [5.41, 5.74) is 6.59. The van der Waals surface area contributed by atoms with Crippen LogP contribution in [0.1, 0.15) is 0 Å². The largest absolute Gasteiger partial charge is 0.328 e. The first-order valence-electron chi connectivity index (χ1n) is 5.60. The first kappa shape index (κ1) is 12.5. The Morgan fingerprint density at radius 3 is 2.59 bits per heavy atom. The Hall–Kier alpha value is -0.910. The van der Waals surface area contributed by atoms with E-state index < -0.39 is 0 Å². The molecule has 2 N–H and O–H groups in total. The summed E-state index contributed by atoms with van der Waals surface area (Å²) in [5, 5.41) is 0. The molecule has 2 rings (SSSR count). The van der Waals surface area contributed by atoms with Crippen LogP contribution in [0, 0.1) is 0 Å². The topological polar surface area (TPSA) is 49.6 Å². The Morgan fingerprint density at radius 2 is 2.00 bits per heavy atom. The lowest BCUT2D eigenvalue weighted by atomic mass is 10.1. The van der Waals surface area contributed by atoms with Gasteiger partial charge in [0.15, 0.2) is 0 Å². The maximum atomic E-state index is 12.2. The predicted molar refractivity (Wildman–Crippen MR) is 72.0 cm³/mol. The van der Waals surface area contributed by atoms with Gasteiger partial charge in [-0.05, 0) is 31.3 Å². The molecule has 1 unspecified atom stereocenters. The zero-order valence-corrected chi connectivity index (χ0v) is 11.4. The number of anilines is 1. The van der Waals surface area contributed by atoms with E-state index in [9.17, 15) is 4.79 Å². The van der Waals surface area contributed by atoms with Crippen LogP contribution in [0.5, 0.6) is 0 Å². The highest BCUT2D eigenvalue weighted by molar-refractivity contribution is 9.10. The Labute approximate surface area is 110 Å². The number of likely N-dealkylation sites (N-methyl/N-ethyl adjacent to an activating group) is 1. The lowest BCUT2D eigenvalue weighted by Crippen LogP contribution is -2.58. The molecule has 1 amide bonds. The number of hydrogen-bond acceptors (Lipinski definition) is 3. The molecule has 1 fully saturated rings. The second-order valence-electron chi connectivity index (χ2n) is 4.20. The molecule has 0 spiro atoms. The van der Waals surface area contributed by atoms with Crippen LogP contribution in [0.15, 0.2) is 28.7 Å². The number of piperazine rings is 1. The van der Waals surface area contributed by atoms with Gasteiger partial charge in [-0.2, -0.15) is 0 Å². The third-order valence-corrected chi connectivity index (χ3v) is 3.65. The first-order chi connectivity index (χ1) is 8.13. The van der Waals surface area contributed by atoms with E-state index >= 15 is 0 Å². The molecule has 0 bridgehead atoms. The number of carbonyl (C=O) groups is 1. The normalized spacial score (nSPS) is 21.9. The van der Waals surface area contributed by atoms with Gasteiger partial charge in [-0.15, -0.1) is 0 Å². The van der Waals surface area contributed by atoms with Crippen LogP contribution in [0.25, 0.3) is 0 Å². The van der Waals surface area contributed by atoms with Crippen molar-refractivity contribution in [2.75, 3.05) is 31.6 Å². The molecule has 0 radical (unpaired) electrons. The van der Waals surface area contributed by atoms with Crippen molar-refractivity contribution in [1.29, 1.82) is 0 Å². The summed E-state index contributed by atoms with van der Waals surface area (Å²) in [4.78, 5) is 16.1. The predicted octanol–water partition coefficient (Wildman–Crippen LogP) is 1.05. The van der Waals surface area contributed by atoms with Crippen molar-refractivity contribution < 1.29 is 4.79 Å². The van der Waals surface area contributed by atoms with Crippen molar-refractivity contribution in [2.45, 2.75) is 6.04 Å². The molecular weight excluding hydrogens is 282 g/mol. The summed E-state index contributed by atoms with van der Waals surface area (Å²) in [6, 6.07) is 7.57. The highest BCUT2D eigenvalue weighted by Gasteiger charge is 2.32. The molecule has 5 heteroatoms. The second kappa shape index (κ2) is 5.16. The summed E-state index contributed by atoms with van der Waals surface area (Å²) < 4.78 is 1.01. The van der Waals surface area contributed by atoms with Gasteiger partial charge in [0.05, 0.1) is 0 Å². The summed E-state index contributed by atoms with van der Waals surface area (Å²) >= 11 is 3.39. The third-order valence-electron chi connectivity index (χ3n) is 3.12. The van der Waals surface area contributed by atoms with Gasteiger partial charge in [0, 0.05) is 29.8 Å². The zero-order valence-electron chi connectivity index (χ0n) is 9.77. The lowest BCUT2D eigenvalue weighted by Gasteiger charge is -2.38. The number of benzene rings is 1. The van der Waals surface area contributed by atoms with Gasteiger partial charge in [0.25, 0.3) is 0 Å². The van der Waals surface area contributed by atoms with Crippen LogP contribution in [-0.4, -0.2) is 43.5 Å². The fourth-order valence-electron chi connectivity index (χ4n) is 2.05. The lowest BCUT2D eigenvalue weighted by molar-refractivity contribution is -0.124. The molecule has 1 aromatic carbocycles. The smallest absolute Gasteiger partial charge is 0.245 e. The van der Waals surface area contributed by atoms with Crippen LogP contribution in [0.3, 0.4) is 0 Å². The second-order valence-corrected chi connectivity index (χ2v) is 5.11. The Bertz CT molecular complexity index is 407.